The fourth-order valence-electron chi connectivity index (χ4n) is 2.18. The average molecular weight is 316 g/mol. The third-order valence-corrected chi connectivity index (χ3v) is 3.08. The lowest BCUT2D eigenvalue weighted by Crippen LogP contribution is -2.35. The average Bonchev–Trinajstić information content (AvgIpc) is 2.81. The minimum atomic E-state index is -0.637. The van der Waals surface area contributed by atoms with Crippen LogP contribution < -0.4 is 11.5 Å². The van der Waals surface area contributed by atoms with Crippen molar-refractivity contribution in [1.82, 2.24) is 9.80 Å². The summed E-state index contributed by atoms with van der Waals surface area (Å²) in [7, 11) is 0. The first-order chi connectivity index (χ1) is 10.2. The molecule has 0 spiro atoms. The van der Waals surface area contributed by atoms with Crippen molar-refractivity contribution < 1.29 is 29.4 Å². The Morgan fingerprint density at radius 2 is 1.23 bits per heavy atom. The molecule has 22 heavy (non-hydrogen) atoms. The molecule has 2 saturated heterocycles. The third-order valence-electron chi connectivity index (χ3n) is 3.08. The molecule has 4 amide bonds. The van der Waals surface area contributed by atoms with Crippen LogP contribution in [0.3, 0.4) is 0 Å². The summed E-state index contributed by atoms with van der Waals surface area (Å²) in [6.45, 7) is 0.273. The van der Waals surface area contributed by atoms with Crippen LogP contribution in [0.2, 0.25) is 0 Å². The van der Waals surface area contributed by atoms with Crippen molar-refractivity contribution in [2.45, 2.75) is 25.0 Å². The molecule has 10 nitrogen and oxygen atoms in total. The predicted octanol–water partition coefficient (Wildman–Crippen LogP) is -3.87. The first-order valence-electron chi connectivity index (χ1n) is 6.67. The number of hydrogen-bond acceptors (Lipinski definition) is 6. The Balaban J connectivity index is 0.000000220. The number of carbonyl (C=O) groups is 4. The van der Waals surface area contributed by atoms with E-state index in [1.165, 1.54) is 9.80 Å². The SMILES string of the molecule is NC(=O)CN1C[C@H](O)CC1=O.NC(=O)CN1C[C@H](O)CC1=O. The van der Waals surface area contributed by atoms with Crippen molar-refractivity contribution in [3.8, 4) is 0 Å². The second kappa shape index (κ2) is 7.71. The molecule has 2 atom stereocenters. The molecule has 0 aromatic rings. The number of carbonyl (C=O) groups excluding carboxylic acids is 4. The number of nitrogens with zero attached hydrogens (tertiary/aromatic N) is 2. The largest absolute Gasteiger partial charge is 0.391 e. The highest BCUT2D eigenvalue weighted by molar-refractivity contribution is 5.86. The van der Waals surface area contributed by atoms with Crippen molar-refractivity contribution in [3.05, 3.63) is 0 Å². The standard InChI is InChI=1S/2C6H10N2O3/c2*7-5(10)3-8-2-4(9)1-6(8)11/h2*4,9H,1-3H2,(H2,7,10)/t2*4-/m11/s1. The van der Waals surface area contributed by atoms with E-state index in [0.717, 1.165) is 0 Å². The van der Waals surface area contributed by atoms with Crippen LogP contribution in [0, 0.1) is 0 Å². The maximum atomic E-state index is 10.9. The summed E-state index contributed by atoms with van der Waals surface area (Å²) >= 11 is 0. The van der Waals surface area contributed by atoms with Gasteiger partial charge in [-0.25, -0.2) is 0 Å². The number of amides is 4. The fraction of sp³-hybridized carbons (Fsp3) is 0.667. The van der Waals surface area contributed by atoms with Crippen LogP contribution >= 0.6 is 0 Å². The maximum Gasteiger partial charge on any atom is 0.237 e. The Kier molecular flexibility index (Phi) is 6.25. The smallest absolute Gasteiger partial charge is 0.237 e. The molecule has 0 saturated carbocycles. The number of β-amino-alcohol motifs (C(OH)–C–C–N with tert-alkyl or cyclic N) is 2. The van der Waals surface area contributed by atoms with Crippen molar-refractivity contribution in [2.24, 2.45) is 11.5 Å². The van der Waals surface area contributed by atoms with Crippen molar-refractivity contribution in [3.63, 3.8) is 0 Å². The Bertz CT molecular complexity index is 427. The lowest BCUT2D eigenvalue weighted by atomic mass is 10.3. The summed E-state index contributed by atoms with van der Waals surface area (Å²) in [6, 6.07) is 0. The Hall–Kier alpha value is -2.20. The highest BCUT2D eigenvalue weighted by Gasteiger charge is 2.29. The van der Waals surface area contributed by atoms with Crippen LogP contribution in [0.25, 0.3) is 0 Å². The number of aliphatic hydroxyl groups is 2. The zero-order valence-corrected chi connectivity index (χ0v) is 12.0. The van der Waals surface area contributed by atoms with E-state index in [4.69, 9.17) is 21.7 Å². The summed E-state index contributed by atoms with van der Waals surface area (Å²) < 4.78 is 0. The van der Waals surface area contributed by atoms with E-state index in [9.17, 15) is 19.2 Å². The van der Waals surface area contributed by atoms with Gasteiger partial charge in [0.25, 0.3) is 0 Å². The maximum absolute atomic E-state index is 10.9. The molecule has 0 aliphatic carbocycles. The summed E-state index contributed by atoms with van der Waals surface area (Å²) in [5.41, 5.74) is 9.73. The molecule has 2 aliphatic rings. The van der Waals surface area contributed by atoms with Crippen LogP contribution in [-0.2, 0) is 19.2 Å². The van der Waals surface area contributed by atoms with Gasteiger partial charge in [0.1, 0.15) is 0 Å². The molecule has 2 aliphatic heterocycles. The van der Waals surface area contributed by atoms with Crippen LogP contribution in [0.15, 0.2) is 0 Å². The monoisotopic (exact) mass is 316 g/mol. The van der Waals surface area contributed by atoms with Gasteiger partial charge in [-0.15, -0.1) is 0 Å². The molecule has 0 aromatic carbocycles. The van der Waals surface area contributed by atoms with Crippen LogP contribution in [0.4, 0.5) is 0 Å². The van der Waals surface area contributed by atoms with Gasteiger partial charge in [-0.05, 0) is 0 Å². The summed E-state index contributed by atoms with van der Waals surface area (Å²) in [5, 5.41) is 17.9. The van der Waals surface area contributed by atoms with Gasteiger partial charge in [-0.1, -0.05) is 0 Å². The molecular weight excluding hydrogens is 296 g/mol. The number of aliphatic hydroxyl groups excluding tert-OH is 2. The molecule has 6 N–H and O–H groups in total. The van der Waals surface area contributed by atoms with Crippen LogP contribution in [0.5, 0.6) is 0 Å². The Morgan fingerprint density at radius 3 is 1.41 bits per heavy atom. The zero-order valence-electron chi connectivity index (χ0n) is 12.0. The number of hydrogen-bond donors (Lipinski definition) is 4. The van der Waals surface area contributed by atoms with Crippen LogP contribution in [0.1, 0.15) is 12.8 Å². The zero-order chi connectivity index (χ0) is 16.9. The molecule has 0 aromatic heterocycles. The first kappa shape index (κ1) is 17.9. The Labute approximate surface area is 126 Å². The molecule has 0 bridgehead atoms. The van der Waals surface area contributed by atoms with E-state index in [1.54, 1.807) is 0 Å². The summed E-state index contributed by atoms with van der Waals surface area (Å²) in [4.78, 5) is 45.0. The van der Waals surface area contributed by atoms with Gasteiger partial charge in [0.05, 0.1) is 38.1 Å². The number of primary amides is 2. The quantitative estimate of drug-likeness (QED) is 0.414. The lowest BCUT2D eigenvalue weighted by molar-refractivity contribution is -0.132. The van der Waals surface area contributed by atoms with E-state index in [-0.39, 0.29) is 50.8 Å². The van der Waals surface area contributed by atoms with Crippen LogP contribution in [-0.4, -0.2) is 82.0 Å². The van der Waals surface area contributed by atoms with Gasteiger partial charge in [-0.3, -0.25) is 19.2 Å². The first-order valence-corrected chi connectivity index (χ1v) is 6.67. The number of likely N-dealkylation sites (tertiary alicyclic amines) is 2. The highest BCUT2D eigenvalue weighted by atomic mass is 16.3. The van der Waals surface area contributed by atoms with Gasteiger partial charge >= 0.3 is 0 Å². The topological polar surface area (TPSA) is 167 Å². The normalized spacial score (nSPS) is 24.3. The molecule has 0 radical (unpaired) electrons. The van der Waals surface area contributed by atoms with Crippen molar-refractivity contribution in [1.29, 1.82) is 0 Å². The molecule has 2 rings (SSSR count). The second-order valence-corrected chi connectivity index (χ2v) is 5.20. The molecule has 2 fully saturated rings. The molecule has 124 valence electrons. The highest BCUT2D eigenvalue weighted by Crippen LogP contribution is 2.09. The van der Waals surface area contributed by atoms with E-state index < -0.39 is 24.0 Å². The fourth-order valence-corrected chi connectivity index (χ4v) is 2.18. The van der Waals surface area contributed by atoms with Gasteiger partial charge in [0.15, 0.2) is 0 Å². The van der Waals surface area contributed by atoms with Gasteiger partial charge in [0.2, 0.25) is 23.6 Å². The van der Waals surface area contributed by atoms with Gasteiger partial charge in [-0.2, -0.15) is 0 Å². The van der Waals surface area contributed by atoms with Gasteiger partial charge < -0.3 is 31.5 Å². The Morgan fingerprint density at radius 1 is 0.909 bits per heavy atom. The van der Waals surface area contributed by atoms with E-state index in [0.29, 0.717) is 0 Å². The molecule has 2 heterocycles. The minimum Gasteiger partial charge on any atom is -0.391 e. The summed E-state index contributed by atoms with van der Waals surface area (Å²) in [6.07, 6.45) is -1.07. The third kappa shape index (κ3) is 5.66. The second-order valence-electron chi connectivity index (χ2n) is 5.20. The van der Waals surface area contributed by atoms with E-state index >= 15 is 0 Å². The molecular formula is C12H20N4O6. The number of nitrogens with two attached hydrogens (primary N) is 2. The van der Waals surface area contributed by atoms with E-state index in [2.05, 4.69) is 0 Å². The van der Waals surface area contributed by atoms with Gasteiger partial charge in [0, 0.05) is 13.1 Å². The van der Waals surface area contributed by atoms with E-state index in [1.807, 2.05) is 0 Å². The molecule has 0 unspecified atom stereocenters. The minimum absolute atomic E-state index is 0.0874. The molecule has 10 heteroatoms. The predicted molar refractivity (Wildman–Crippen MR) is 72.8 cm³/mol. The summed E-state index contributed by atoms with van der Waals surface area (Å²) in [5.74, 6) is -1.52. The number of rotatable bonds is 4. The van der Waals surface area contributed by atoms with Crippen molar-refractivity contribution in [2.75, 3.05) is 26.2 Å². The van der Waals surface area contributed by atoms with Crippen molar-refractivity contribution >= 4 is 23.6 Å². The lowest BCUT2D eigenvalue weighted by Gasteiger charge is -2.11.